The van der Waals surface area contributed by atoms with Gasteiger partial charge in [0.15, 0.2) is 0 Å². The Morgan fingerprint density at radius 3 is 2.69 bits per heavy atom. The maximum Gasteiger partial charge on any atom is 0.118 e. The van der Waals surface area contributed by atoms with E-state index in [0.717, 1.165) is 23.3 Å². The minimum absolute atomic E-state index is 0.0620. The van der Waals surface area contributed by atoms with Gasteiger partial charge in [-0.05, 0) is 18.7 Å². The minimum atomic E-state index is 0.0620. The van der Waals surface area contributed by atoms with Crippen molar-refractivity contribution in [3.05, 3.63) is 29.8 Å². The summed E-state index contributed by atoms with van der Waals surface area (Å²) >= 11 is 0. The fourth-order valence-electron chi connectivity index (χ4n) is 1.67. The molecule has 0 aliphatic rings. The van der Waals surface area contributed by atoms with Crippen molar-refractivity contribution in [3.8, 4) is 0 Å². The lowest BCUT2D eigenvalue weighted by molar-refractivity contribution is 0.554. The summed E-state index contributed by atoms with van der Waals surface area (Å²) in [6.07, 6.45) is 2.56. The van der Waals surface area contributed by atoms with E-state index in [0.29, 0.717) is 6.54 Å². The molecule has 86 valence electrons. The molecule has 0 bridgehead atoms. The number of hydrogen-bond acceptors (Lipinski definition) is 3. The molecule has 0 saturated carbocycles. The molecule has 0 unspecified atom stereocenters. The van der Waals surface area contributed by atoms with Crippen LogP contribution in [-0.2, 0) is 11.8 Å². The highest BCUT2D eigenvalue weighted by Crippen LogP contribution is 2.20. The zero-order valence-corrected chi connectivity index (χ0v) is 10.1. The predicted octanol–water partition coefficient (Wildman–Crippen LogP) is 1.53. The van der Waals surface area contributed by atoms with E-state index < -0.39 is 0 Å². The van der Waals surface area contributed by atoms with E-state index in [9.17, 15) is 0 Å². The van der Waals surface area contributed by atoms with Crippen molar-refractivity contribution in [2.45, 2.75) is 32.6 Å². The van der Waals surface area contributed by atoms with E-state index in [1.54, 1.807) is 6.33 Å². The first-order valence-corrected chi connectivity index (χ1v) is 5.56. The number of nitrogens with zero attached hydrogens (tertiary/aromatic N) is 3. The van der Waals surface area contributed by atoms with Crippen LogP contribution in [0.15, 0.2) is 18.5 Å². The summed E-state index contributed by atoms with van der Waals surface area (Å²) in [5.41, 5.74) is 8.75. The molecule has 0 fully saturated rings. The zero-order valence-electron chi connectivity index (χ0n) is 10.1. The summed E-state index contributed by atoms with van der Waals surface area (Å²) in [5.74, 6) is 0. The van der Waals surface area contributed by atoms with Gasteiger partial charge in [-0.3, -0.25) is 0 Å². The van der Waals surface area contributed by atoms with Gasteiger partial charge in [0.25, 0.3) is 0 Å². The first kappa shape index (κ1) is 11.1. The van der Waals surface area contributed by atoms with E-state index in [1.165, 1.54) is 0 Å². The second kappa shape index (κ2) is 3.87. The Hall–Kier alpha value is -1.42. The molecule has 16 heavy (non-hydrogen) atoms. The average Bonchev–Trinajstić information content (AvgIpc) is 2.60. The zero-order chi connectivity index (χ0) is 11.8. The third-order valence-electron chi connectivity index (χ3n) is 2.63. The first-order chi connectivity index (χ1) is 7.52. The SMILES string of the molecule is CC(C)(C)c1ccc2c(CCN)ncn2n1. The fourth-order valence-corrected chi connectivity index (χ4v) is 1.67. The number of hydrogen-bond donors (Lipinski definition) is 1. The summed E-state index contributed by atoms with van der Waals surface area (Å²) in [7, 11) is 0. The normalized spacial score (nSPS) is 12.2. The number of fused-ring (bicyclic) bond motifs is 1. The smallest absolute Gasteiger partial charge is 0.118 e. The van der Waals surface area contributed by atoms with Gasteiger partial charge in [0.05, 0.1) is 16.9 Å². The number of aromatic nitrogens is 3. The molecule has 0 radical (unpaired) electrons. The molecular formula is C12H18N4. The van der Waals surface area contributed by atoms with Gasteiger partial charge in [-0.2, -0.15) is 5.10 Å². The highest BCUT2D eigenvalue weighted by molar-refractivity contribution is 5.51. The topological polar surface area (TPSA) is 56.2 Å². The Morgan fingerprint density at radius 1 is 1.31 bits per heavy atom. The first-order valence-electron chi connectivity index (χ1n) is 5.56. The summed E-state index contributed by atoms with van der Waals surface area (Å²) < 4.78 is 1.84. The average molecular weight is 218 g/mol. The van der Waals surface area contributed by atoms with Crippen LogP contribution in [0, 0.1) is 0 Å². The standard InChI is InChI=1S/C12H18N4/c1-12(2,3)11-5-4-10-9(6-7-13)14-8-16(10)15-11/h4-5,8H,6-7,13H2,1-3H3. The summed E-state index contributed by atoms with van der Waals surface area (Å²) in [5, 5.41) is 4.56. The molecule has 0 atom stereocenters. The molecule has 0 spiro atoms. The maximum atomic E-state index is 5.54. The molecule has 2 N–H and O–H groups in total. The summed E-state index contributed by atoms with van der Waals surface area (Å²) in [6, 6.07) is 4.14. The van der Waals surface area contributed by atoms with E-state index in [-0.39, 0.29) is 5.41 Å². The molecule has 2 heterocycles. The Balaban J connectivity index is 2.49. The van der Waals surface area contributed by atoms with Crippen LogP contribution in [0.3, 0.4) is 0 Å². The van der Waals surface area contributed by atoms with Crippen LogP contribution >= 0.6 is 0 Å². The highest BCUT2D eigenvalue weighted by Gasteiger charge is 2.16. The molecule has 2 aromatic heterocycles. The fraction of sp³-hybridized carbons (Fsp3) is 0.500. The Morgan fingerprint density at radius 2 is 2.06 bits per heavy atom. The molecule has 0 aromatic carbocycles. The summed E-state index contributed by atoms with van der Waals surface area (Å²) in [6.45, 7) is 7.07. The lowest BCUT2D eigenvalue weighted by Crippen LogP contribution is -2.15. The van der Waals surface area contributed by atoms with Crippen LogP contribution in [0.25, 0.3) is 5.52 Å². The quantitative estimate of drug-likeness (QED) is 0.831. The van der Waals surface area contributed by atoms with Crippen LogP contribution in [0.2, 0.25) is 0 Å². The minimum Gasteiger partial charge on any atom is -0.330 e. The maximum absolute atomic E-state index is 5.54. The van der Waals surface area contributed by atoms with E-state index >= 15 is 0 Å². The monoisotopic (exact) mass is 218 g/mol. The third-order valence-corrected chi connectivity index (χ3v) is 2.63. The van der Waals surface area contributed by atoms with Crippen LogP contribution in [0.5, 0.6) is 0 Å². The predicted molar refractivity (Wildman–Crippen MR) is 64.4 cm³/mol. The molecule has 0 aliphatic carbocycles. The van der Waals surface area contributed by atoms with Gasteiger partial charge in [0, 0.05) is 11.8 Å². The van der Waals surface area contributed by atoms with Crippen molar-refractivity contribution >= 4 is 5.52 Å². The molecule has 4 nitrogen and oxygen atoms in total. The Labute approximate surface area is 95.5 Å². The molecular weight excluding hydrogens is 200 g/mol. The summed E-state index contributed by atoms with van der Waals surface area (Å²) in [4.78, 5) is 4.33. The lowest BCUT2D eigenvalue weighted by Gasteiger charge is -2.17. The van der Waals surface area contributed by atoms with Gasteiger partial charge in [-0.25, -0.2) is 9.50 Å². The number of nitrogens with two attached hydrogens (primary N) is 1. The van der Waals surface area contributed by atoms with Crippen molar-refractivity contribution in [1.82, 2.24) is 14.6 Å². The number of rotatable bonds is 2. The molecule has 0 amide bonds. The van der Waals surface area contributed by atoms with E-state index in [1.807, 2.05) is 4.52 Å². The van der Waals surface area contributed by atoms with Gasteiger partial charge in [-0.1, -0.05) is 20.8 Å². The Kier molecular flexibility index (Phi) is 2.68. The van der Waals surface area contributed by atoms with Gasteiger partial charge < -0.3 is 5.73 Å². The van der Waals surface area contributed by atoms with Crippen LogP contribution in [-0.4, -0.2) is 21.1 Å². The van der Waals surface area contributed by atoms with Crippen molar-refractivity contribution in [2.24, 2.45) is 5.73 Å². The molecule has 2 aromatic rings. The van der Waals surface area contributed by atoms with Crippen molar-refractivity contribution < 1.29 is 0 Å². The van der Waals surface area contributed by atoms with Crippen molar-refractivity contribution in [3.63, 3.8) is 0 Å². The van der Waals surface area contributed by atoms with Gasteiger partial charge in [0.1, 0.15) is 6.33 Å². The van der Waals surface area contributed by atoms with E-state index in [4.69, 9.17) is 5.73 Å². The van der Waals surface area contributed by atoms with E-state index in [2.05, 4.69) is 43.0 Å². The second-order valence-corrected chi connectivity index (χ2v) is 5.03. The highest BCUT2D eigenvalue weighted by atomic mass is 15.2. The van der Waals surface area contributed by atoms with Gasteiger partial charge >= 0.3 is 0 Å². The van der Waals surface area contributed by atoms with Crippen LogP contribution < -0.4 is 5.73 Å². The Bertz CT molecular complexity index is 493. The number of imidazole rings is 1. The lowest BCUT2D eigenvalue weighted by atomic mass is 9.92. The van der Waals surface area contributed by atoms with Crippen molar-refractivity contribution in [1.29, 1.82) is 0 Å². The van der Waals surface area contributed by atoms with Crippen molar-refractivity contribution in [2.75, 3.05) is 6.54 Å². The van der Waals surface area contributed by atoms with Crippen LogP contribution in [0.1, 0.15) is 32.2 Å². The molecule has 0 aliphatic heterocycles. The van der Waals surface area contributed by atoms with Gasteiger partial charge in [-0.15, -0.1) is 0 Å². The molecule has 2 rings (SSSR count). The molecule has 0 saturated heterocycles. The second-order valence-electron chi connectivity index (χ2n) is 5.03. The molecule has 4 heteroatoms. The van der Waals surface area contributed by atoms with Gasteiger partial charge in [0.2, 0.25) is 0 Å². The largest absolute Gasteiger partial charge is 0.330 e. The third kappa shape index (κ3) is 1.93. The van der Waals surface area contributed by atoms with Crippen LogP contribution in [0.4, 0.5) is 0 Å².